The van der Waals surface area contributed by atoms with Crippen molar-refractivity contribution in [2.75, 3.05) is 12.8 Å². The molecule has 0 bridgehead atoms. The number of thioether (sulfide) groups is 1. The number of aryl methyl sites for hydroxylation is 3. The summed E-state index contributed by atoms with van der Waals surface area (Å²) >= 11 is 2.06. The molecule has 1 nitrogen and oxygen atoms in total. The molecule has 0 radical (unpaired) electrons. The molecule has 2 rings (SSSR count). The fourth-order valence-electron chi connectivity index (χ4n) is 2.45. The molecule has 0 amide bonds. The van der Waals surface area contributed by atoms with Crippen LogP contribution in [0.5, 0.6) is 0 Å². The molecule has 15 heavy (non-hydrogen) atoms. The van der Waals surface area contributed by atoms with Crippen molar-refractivity contribution in [2.45, 2.75) is 32.1 Å². The van der Waals surface area contributed by atoms with E-state index >= 15 is 0 Å². The van der Waals surface area contributed by atoms with Gasteiger partial charge >= 0.3 is 0 Å². The minimum absolute atomic E-state index is 0.662. The first kappa shape index (κ1) is 11.0. The normalized spacial score (nSPS) is 25.1. The van der Waals surface area contributed by atoms with Crippen LogP contribution in [-0.4, -0.2) is 18.8 Å². The standard InChI is InChI=1S/C13H19NS/c1-8-5-9(2)12(10(3)6-8)13-11(14-4)7-15-13/h5-6,11,13-14H,7H2,1-4H3. The maximum Gasteiger partial charge on any atom is 0.0464 e. The van der Waals surface area contributed by atoms with E-state index in [4.69, 9.17) is 0 Å². The molecule has 1 aromatic carbocycles. The van der Waals surface area contributed by atoms with Gasteiger partial charge in [-0.3, -0.25) is 0 Å². The Hall–Kier alpha value is -0.470. The number of likely N-dealkylation sites (N-methyl/N-ethyl adjacent to an activating group) is 1. The van der Waals surface area contributed by atoms with E-state index in [1.807, 2.05) is 0 Å². The molecule has 1 aromatic rings. The van der Waals surface area contributed by atoms with Gasteiger partial charge in [0.15, 0.2) is 0 Å². The van der Waals surface area contributed by atoms with E-state index in [0.29, 0.717) is 11.3 Å². The van der Waals surface area contributed by atoms with Crippen molar-refractivity contribution in [1.29, 1.82) is 0 Å². The summed E-state index contributed by atoms with van der Waals surface area (Å²) in [7, 11) is 2.07. The summed E-state index contributed by atoms with van der Waals surface area (Å²) in [5, 5.41) is 4.06. The zero-order chi connectivity index (χ0) is 11.0. The monoisotopic (exact) mass is 221 g/mol. The minimum atomic E-state index is 0.662. The van der Waals surface area contributed by atoms with Gasteiger partial charge in [-0.05, 0) is 44.5 Å². The summed E-state index contributed by atoms with van der Waals surface area (Å²) in [4.78, 5) is 0. The molecule has 1 saturated heterocycles. The fourth-order valence-corrected chi connectivity index (χ4v) is 3.87. The lowest BCUT2D eigenvalue weighted by Gasteiger charge is -2.38. The Balaban J connectivity index is 2.35. The Kier molecular flexibility index (Phi) is 3.08. The second kappa shape index (κ2) is 4.18. The topological polar surface area (TPSA) is 12.0 Å². The highest BCUT2D eigenvalue weighted by Crippen LogP contribution is 2.45. The molecule has 0 aliphatic carbocycles. The molecule has 1 N–H and O–H groups in total. The Bertz CT molecular complexity index is 348. The van der Waals surface area contributed by atoms with Crippen molar-refractivity contribution in [3.05, 3.63) is 34.4 Å². The maximum absolute atomic E-state index is 3.40. The van der Waals surface area contributed by atoms with E-state index < -0.39 is 0 Å². The zero-order valence-corrected chi connectivity index (χ0v) is 10.7. The van der Waals surface area contributed by atoms with Gasteiger partial charge in [0.05, 0.1) is 0 Å². The van der Waals surface area contributed by atoms with Gasteiger partial charge in [-0.2, -0.15) is 11.8 Å². The first-order valence-corrected chi connectivity index (χ1v) is 6.55. The van der Waals surface area contributed by atoms with Crippen LogP contribution >= 0.6 is 11.8 Å². The number of hydrogen-bond acceptors (Lipinski definition) is 2. The van der Waals surface area contributed by atoms with Crippen LogP contribution in [0.25, 0.3) is 0 Å². The molecule has 0 spiro atoms. The lowest BCUT2D eigenvalue weighted by Crippen LogP contribution is -2.41. The third-order valence-electron chi connectivity index (χ3n) is 3.21. The number of hydrogen-bond donors (Lipinski definition) is 1. The maximum atomic E-state index is 3.40. The molecule has 2 heteroatoms. The summed E-state index contributed by atoms with van der Waals surface area (Å²) in [5.74, 6) is 1.24. The summed E-state index contributed by atoms with van der Waals surface area (Å²) in [6.45, 7) is 6.65. The Labute approximate surface area is 96.7 Å². The van der Waals surface area contributed by atoms with Crippen LogP contribution in [0.3, 0.4) is 0 Å². The molecule has 1 heterocycles. The average Bonchev–Trinajstić information content (AvgIpc) is 2.09. The number of benzene rings is 1. The van der Waals surface area contributed by atoms with E-state index in [1.54, 1.807) is 5.56 Å². The number of rotatable bonds is 2. The van der Waals surface area contributed by atoms with Gasteiger partial charge in [0.2, 0.25) is 0 Å². The fraction of sp³-hybridized carbons (Fsp3) is 0.538. The first-order valence-electron chi connectivity index (χ1n) is 5.50. The summed E-state index contributed by atoms with van der Waals surface area (Å²) in [6.07, 6.45) is 0. The van der Waals surface area contributed by atoms with E-state index in [2.05, 4.69) is 57.0 Å². The van der Waals surface area contributed by atoms with Gasteiger partial charge in [-0.1, -0.05) is 17.7 Å². The van der Waals surface area contributed by atoms with E-state index in [9.17, 15) is 0 Å². The van der Waals surface area contributed by atoms with Crippen molar-refractivity contribution < 1.29 is 0 Å². The Morgan fingerprint density at radius 2 is 1.80 bits per heavy atom. The molecule has 0 aromatic heterocycles. The summed E-state index contributed by atoms with van der Waals surface area (Å²) < 4.78 is 0. The molecule has 2 unspecified atom stereocenters. The average molecular weight is 221 g/mol. The van der Waals surface area contributed by atoms with Crippen LogP contribution in [0, 0.1) is 20.8 Å². The van der Waals surface area contributed by atoms with Gasteiger partial charge in [0.1, 0.15) is 0 Å². The Morgan fingerprint density at radius 3 is 2.20 bits per heavy atom. The Morgan fingerprint density at radius 1 is 1.20 bits per heavy atom. The molecular formula is C13H19NS. The van der Waals surface area contributed by atoms with Crippen molar-refractivity contribution in [3.63, 3.8) is 0 Å². The highest BCUT2D eigenvalue weighted by Gasteiger charge is 2.33. The summed E-state index contributed by atoms with van der Waals surface area (Å²) in [6, 6.07) is 5.26. The predicted octanol–water partition coefficient (Wildman–Crippen LogP) is 2.99. The van der Waals surface area contributed by atoms with E-state index in [0.717, 1.165) is 0 Å². The predicted molar refractivity (Wildman–Crippen MR) is 68.7 cm³/mol. The van der Waals surface area contributed by atoms with Crippen LogP contribution in [-0.2, 0) is 0 Å². The SMILES string of the molecule is CNC1CSC1c1c(C)cc(C)cc1C. The van der Waals surface area contributed by atoms with Crippen molar-refractivity contribution in [2.24, 2.45) is 0 Å². The van der Waals surface area contributed by atoms with Gasteiger partial charge in [-0.25, -0.2) is 0 Å². The third-order valence-corrected chi connectivity index (χ3v) is 4.69. The molecule has 1 aliphatic heterocycles. The summed E-state index contributed by atoms with van der Waals surface area (Å²) in [5.41, 5.74) is 5.82. The molecular weight excluding hydrogens is 202 g/mol. The molecule has 1 aliphatic rings. The minimum Gasteiger partial charge on any atom is -0.315 e. The second-order valence-electron chi connectivity index (χ2n) is 4.46. The smallest absolute Gasteiger partial charge is 0.0464 e. The largest absolute Gasteiger partial charge is 0.315 e. The van der Waals surface area contributed by atoms with Crippen molar-refractivity contribution in [1.82, 2.24) is 5.32 Å². The van der Waals surface area contributed by atoms with Crippen LogP contribution in [0.15, 0.2) is 12.1 Å². The lowest BCUT2D eigenvalue weighted by atomic mass is 9.94. The first-order chi connectivity index (χ1) is 7.13. The van der Waals surface area contributed by atoms with Crippen molar-refractivity contribution in [3.8, 4) is 0 Å². The molecule has 2 atom stereocenters. The van der Waals surface area contributed by atoms with Gasteiger partial charge in [0, 0.05) is 17.0 Å². The highest BCUT2D eigenvalue weighted by atomic mass is 32.2. The van der Waals surface area contributed by atoms with Crippen LogP contribution in [0.1, 0.15) is 27.5 Å². The van der Waals surface area contributed by atoms with Gasteiger partial charge < -0.3 is 5.32 Å². The second-order valence-corrected chi connectivity index (χ2v) is 5.64. The quantitative estimate of drug-likeness (QED) is 0.824. The van der Waals surface area contributed by atoms with Gasteiger partial charge in [0.25, 0.3) is 0 Å². The van der Waals surface area contributed by atoms with E-state index in [1.165, 1.54) is 22.4 Å². The third kappa shape index (κ3) is 1.93. The van der Waals surface area contributed by atoms with Crippen LogP contribution in [0.2, 0.25) is 0 Å². The van der Waals surface area contributed by atoms with E-state index in [-0.39, 0.29) is 0 Å². The molecule has 1 fully saturated rings. The molecule has 0 saturated carbocycles. The lowest BCUT2D eigenvalue weighted by molar-refractivity contribution is 0.569. The number of nitrogens with one attached hydrogen (secondary N) is 1. The van der Waals surface area contributed by atoms with Crippen LogP contribution in [0.4, 0.5) is 0 Å². The van der Waals surface area contributed by atoms with Crippen LogP contribution < -0.4 is 5.32 Å². The van der Waals surface area contributed by atoms with Crippen molar-refractivity contribution >= 4 is 11.8 Å². The van der Waals surface area contributed by atoms with Gasteiger partial charge in [-0.15, -0.1) is 0 Å². The molecule has 82 valence electrons. The zero-order valence-electron chi connectivity index (χ0n) is 9.92. The highest BCUT2D eigenvalue weighted by molar-refractivity contribution is 8.01.